The summed E-state index contributed by atoms with van der Waals surface area (Å²) in [6.45, 7) is 3.74. The highest BCUT2D eigenvalue weighted by Crippen LogP contribution is 2.27. The van der Waals surface area contributed by atoms with Gasteiger partial charge in [-0.05, 0) is 37.6 Å². The maximum atomic E-state index is 13.6. The molecule has 1 aliphatic rings. The normalized spacial score (nSPS) is 15.7. The second kappa shape index (κ2) is 10.6. The summed E-state index contributed by atoms with van der Waals surface area (Å²) in [5, 5.41) is 0. The van der Waals surface area contributed by atoms with E-state index in [0.717, 1.165) is 11.1 Å². The van der Waals surface area contributed by atoms with E-state index in [1.54, 1.807) is 50.8 Å². The van der Waals surface area contributed by atoms with Crippen molar-refractivity contribution in [2.45, 2.75) is 19.9 Å². The van der Waals surface area contributed by atoms with E-state index in [9.17, 15) is 9.59 Å². The average molecular weight is 491 g/mol. The van der Waals surface area contributed by atoms with Crippen LogP contribution in [0.1, 0.15) is 31.0 Å². The quantitative estimate of drug-likeness (QED) is 0.474. The van der Waals surface area contributed by atoms with Gasteiger partial charge in [0.25, 0.3) is 5.56 Å². The van der Waals surface area contributed by atoms with Gasteiger partial charge in [0.15, 0.2) is 4.80 Å². The van der Waals surface area contributed by atoms with Crippen molar-refractivity contribution in [3.63, 3.8) is 0 Å². The molecule has 2 aromatic carbocycles. The Hall–Kier alpha value is -3.91. The molecular weight excluding hydrogens is 464 g/mol. The summed E-state index contributed by atoms with van der Waals surface area (Å²) in [4.78, 5) is 31.6. The predicted molar refractivity (Wildman–Crippen MR) is 136 cm³/mol. The van der Waals surface area contributed by atoms with Crippen LogP contribution in [-0.2, 0) is 9.53 Å². The third-order valence-corrected chi connectivity index (χ3v) is 6.54. The zero-order chi connectivity index (χ0) is 24.9. The fourth-order valence-corrected chi connectivity index (χ4v) is 4.91. The first kappa shape index (κ1) is 24.2. The van der Waals surface area contributed by atoms with E-state index < -0.39 is 12.0 Å². The van der Waals surface area contributed by atoms with Gasteiger partial charge < -0.3 is 14.2 Å². The summed E-state index contributed by atoms with van der Waals surface area (Å²) >= 11 is 1.26. The van der Waals surface area contributed by atoms with E-state index in [1.165, 1.54) is 11.3 Å². The average Bonchev–Trinajstić information content (AvgIpc) is 3.17. The van der Waals surface area contributed by atoms with Crippen LogP contribution in [0.15, 0.2) is 75.7 Å². The maximum Gasteiger partial charge on any atom is 0.338 e. The summed E-state index contributed by atoms with van der Waals surface area (Å²) in [5.74, 6) is 0.753. The van der Waals surface area contributed by atoms with Crippen LogP contribution in [0.25, 0.3) is 12.2 Å². The molecule has 1 atom stereocenters. The molecule has 0 aliphatic carbocycles. The van der Waals surface area contributed by atoms with Gasteiger partial charge in [0.2, 0.25) is 0 Å². The topological polar surface area (TPSA) is 79.1 Å². The molecule has 1 unspecified atom stereocenters. The van der Waals surface area contributed by atoms with Crippen LogP contribution in [0.2, 0.25) is 0 Å². The molecule has 0 N–H and O–H groups in total. The number of nitrogens with zero attached hydrogens (tertiary/aromatic N) is 2. The number of benzene rings is 2. The molecule has 8 heteroatoms. The molecule has 0 fully saturated rings. The molecule has 7 nitrogen and oxygen atoms in total. The Labute approximate surface area is 206 Å². The van der Waals surface area contributed by atoms with Gasteiger partial charge in [0.1, 0.15) is 11.5 Å². The van der Waals surface area contributed by atoms with Gasteiger partial charge >= 0.3 is 5.97 Å². The Morgan fingerprint density at radius 2 is 1.91 bits per heavy atom. The van der Waals surface area contributed by atoms with Crippen molar-refractivity contribution in [3.8, 4) is 11.5 Å². The van der Waals surface area contributed by atoms with Crippen molar-refractivity contribution in [2.24, 2.45) is 4.99 Å². The first-order valence-electron chi connectivity index (χ1n) is 11.1. The number of fused-ring (bicyclic) bond motifs is 1. The summed E-state index contributed by atoms with van der Waals surface area (Å²) in [6.07, 6.45) is 5.50. The van der Waals surface area contributed by atoms with Gasteiger partial charge in [-0.2, -0.15) is 0 Å². The molecule has 0 saturated heterocycles. The number of thiazole rings is 1. The highest BCUT2D eigenvalue weighted by atomic mass is 32.1. The molecule has 0 radical (unpaired) electrons. The maximum absolute atomic E-state index is 13.6. The van der Waals surface area contributed by atoms with Crippen molar-refractivity contribution in [2.75, 3.05) is 20.8 Å². The highest BCUT2D eigenvalue weighted by molar-refractivity contribution is 7.07. The van der Waals surface area contributed by atoms with Gasteiger partial charge in [-0.15, -0.1) is 0 Å². The lowest BCUT2D eigenvalue weighted by atomic mass is 10.0. The van der Waals surface area contributed by atoms with Gasteiger partial charge in [-0.1, -0.05) is 53.8 Å². The molecule has 0 amide bonds. The van der Waals surface area contributed by atoms with Crippen LogP contribution >= 0.6 is 11.3 Å². The van der Waals surface area contributed by atoms with Crippen LogP contribution in [0.5, 0.6) is 11.5 Å². The number of rotatable bonds is 7. The summed E-state index contributed by atoms with van der Waals surface area (Å²) in [7, 11) is 3.15. The number of allylic oxidation sites excluding steroid dienone is 2. The standard InChI is InChI=1S/C27H26N2O5S/c1-5-34-26(31)24-17(2)28-27-29(21(24)14-11-18-9-7-6-8-10-18)25(30)23(35-27)15-19-12-13-20(32-3)16-22(19)33-4/h6-16,21H,5H2,1-4H3/b14-11+,23-15?. The van der Waals surface area contributed by atoms with Gasteiger partial charge in [0, 0.05) is 11.6 Å². The van der Waals surface area contributed by atoms with Crippen molar-refractivity contribution < 1.29 is 19.0 Å². The van der Waals surface area contributed by atoms with Crippen LogP contribution in [0.3, 0.4) is 0 Å². The lowest BCUT2D eigenvalue weighted by molar-refractivity contribution is -0.139. The van der Waals surface area contributed by atoms with Gasteiger partial charge in [-0.3, -0.25) is 9.36 Å². The van der Waals surface area contributed by atoms with Crippen molar-refractivity contribution in [1.29, 1.82) is 0 Å². The smallest absolute Gasteiger partial charge is 0.338 e. The van der Waals surface area contributed by atoms with Crippen LogP contribution in [-0.4, -0.2) is 31.4 Å². The molecule has 0 spiro atoms. The highest BCUT2D eigenvalue weighted by Gasteiger charge is 2.30. The number of hydrogen-bond donors (Lipinski definition) is 0. The number of aromatic nitrogens is 1. The Morgan fingerprint density at radius 1 is 1.14 bits per heavy atom. The summed E-state index contributed by atoms with van der Waals surface area (Å²) in [6, 6.07) is 14.5. The molecule has 3 aromatic rings. The lowest BCUT2D eigenvalue weighted by Crippen LogP contribution is -2.38. The second-order valence-electron chi connectivity index (χ2n) is 7.72. The first-order chi connectivity index (χ1) is 17.0. The van der Waals surface area contributed by atoms with E-state index in [-0.39, 0.29) is 12.2 Å². The molecule has 4 rings (SSSR count). The lowest BCUT2D eigenvalue weighted by Gasteiger charge is -2.21. The predicted octanol–water partition coefficient (Wildman–Crippen LogP) is 3.48. The molecule has 1 aliphatic heterocycles. The fraction of sp³-hybridized carbons (Fsp3) is 0.222. The van der Waals surface area contributed by atoms with Crippen molar-refractivity contribution in [1.82, 2.24) is 4.57 Å². The van der Waals surface area contributed by atoms with Crippen molar-refractivity contribution >= 4 is 29.5 Å². The third-order valence-electron chi connectivity index (χ3n) is 5.56. The monoisotopic (exact) mass is 490 g/mol. The van der Waals surface area contributed by atoms with E-state index >= 15 is 0 Å². The number of ether oxygens (including phenoxy) is 3. The summed E-state index contributed by atoms with van der Waals surface area (Å²) < 4.78 is 18.1. The molecular formula is C27H26N2O5S. The number of carbonyl (C=O) groups is 1. The number of esters is 1. The Balaban J connectivity index is 1.88. The fourth-order valence-electron chi connectivity index (χ4n) is 3.86. The minimum atomic E-state index is -0.648. The van der Waals surface area contributed by atoms with E-state index in [2.05, 4.69) is 4.99 Å². The Bertz CT molecular complexity index is 1480. The van der Waals surface area contributed by atoms with Gasteiger partial charge in [0.05, 0.1) is 42.7 Å². The molecule has 0 saturated carbocycles. The SMILES string of the molecule is CCOC(=O)C1=C(C)N=c2sc(=Cc3ccc(OC)cc3OC)c(=O)n2C1/C=C/c1ccccc1. The van der Waals surface area contributed by atoms with Gasteiger partial charge in [-0.25, -0.2) is 9.79 Å². The van der Waals surface area contributed by atoms with Crippen LogP contribution in [0.4, 0.5) is 0 Å². The zero-order valence-corrected chi connectivity index (χ0v) is 20.8. The minimum Gasteiger partial charge on any atom is -0.497 e. The second-order valence-corrected chi connectivity index (χ2v) is 8.73. The molecule has 35 heavy (non-hydrogen) atoms. The number of hydrogen-bond acceptors (Lipinski definition) is 7. The summed E-state index contributed by atoms with van der Waals surface area (Å²) in [5.41, 5.74) is 2.32. The zero-order valence-electron chi connectivity index (χ0n) is 20.0. The van der Waals surface area contributed by atoms with Crippen molar-refractivity contribution in [3.05, 3.63) is 96.7 Å². The molecule has 2 heterocycles. The number of methoxy groups -OCH3 is 2. The van der Waals surface area contributed by atoms with E-state index in [0.29, 0.717) is 32.1 Å². The van der Waals surface area contributed by atoms with Crippen LogP contribution in [0, 0.1) is 0 Å². The van der Waals surface area contributed by atoms with E-state index in [4.69, 9.17) is 14.2 Å². The third kappa shape index (κ3) is 4.97. The van der Waals surface area contributed by atoms with Crippen LogP contribution < -0.4 is 24.4 Å². The minimum absolute atomic E-state index is 0.229. The van der Waals surface area contributed by atoms with E-state index in [1.807, 2.05) is 48.6 Å². The molecule has 1 aromatic heterocycles. The number of carbonyl (C=O) groups excluding carboxylic acids is 1. The molecule has 180 valence electrons. The molecule has 0 bridgehead atoms. The first-order valence-corrected chi connectivity index (χ1v) is 11.9. The Morgan fingerprint density at radius 3 is 2.60 bits per heavy atom. The Kier molecular flexibility index (Phi) is 7.31. The largest absolute Gasteiger partial charge is 0.497 e.